The zero-order chi connectivity index (χ0) is 18.4. The maximum atomic E-state index is 13.2. The average Bonchev–Trinajstić information content (AvgIpc) is 3.29. The van der Waals surface area contributed by atoms with Gasteiger partial charge < -0.3 is 9.47 Å². The highest BCUT2D eigenvalue weighted by Crippen LogP contribution is 2.25. The number of aryl methyl sites for hydroxylation is 1. The number of hydrogen-bond acceptors (Lipinski definition) is 2. The second-order valence-electron chi connectivity index (χ2n) is 6.99. The van der Waals surface area contributed by atoms with Gasteiger partial charge in [-0.1, -0.05) is 36.4 Å². The molecule has 0 N–H and O–H groups in total. The van der Waals surface area contributed by atoms with Crippen LogP contribution < -0.4 is 0 Å². The van der Waals surface area contributed by atoms with E-state index in [4.69, 9.17) is 0 Å². The number of amides is 1. The van der Waals surface area contributed by atoms with Crippen molar-refractivity contribution in [3.05, 3.63) is 83.8 Å². The smallest absolute Gasteiger partial charge is 0.270 e. The van der Waals surface area contributed by atoms with E-state index in [0.717, 1.165) is 34.3 Å². The summed E-state index contributed by atoms with van der Waals surface area (Å²) in [4.78, 5) is 15.1. The third-order valence-electron chi connectivity index (χ3n) is 5.39. The van der Waals surface area contributed by atoms with Crippen molar-refractivity contribution < 1.29 is 4.79 Å². The summed E-state index contributed by atoms with van der Waals surface area (Å²) < 4.78 is 3.98. The lowest BCUT2D eigenvalue weighted by molar-refractivity contribution is 0.0724. The van der Waals surface area contributed by atoms with Gasteiger partial charge in [-0.05, 0) is 24.3 Å². The van der Waals surface area contributed by atoms with E-state index in [1.807, 2.05) is 75.9 Å². The van der Waals surface area contributed by atoms with Gasteiger partial charge in [0.05, 0.1) is 17.6 Å². The van der Waals surface area contributed by atoms with Gasteiger partial charge in [-0.15, -0.1) is 0 Å². The first kappa shape index (κ1) is 15.9. The normalized spacial score (nSPS) is 13.7. The Labute approximate surface area is 157 Å². The van der Waals surface area contributed by atoms with Crippen molar-refractivity contribution in [2.45, 2.75) is 13.0 Å². The third kappa shape index (κ3) is 2.54. The number of carbonyl (C=O) groups is 1. The molecule has 1 amide bonds. The van der Waals surface area contributed by atoms with Gasteiger partial charge >= 0.3 is 0 Å². The molecule has 0 aliphatic carbocycles. The SMILES string of the molecule is Cn1c(C(=O)N2CCc3c(cnn3-c3ccccc3)C2)cc2ccccc21. The molecule has 2 aromatic heterocycles. The average molecular weight is 356 g/mol. The summed E-state index contributed by atoms with van der Waals surface area (Å²) in [5, 5.41) is 5.66. The lowest BCUT2D eigenvalue weighted by atomic mass is 10.1. The summed E-state index contributed by atoms with van der Waals surface area (Å²) in [6, 6.07) is 20.2. The van der Waals surface area contributed by atoms with Crippen molar-refractivity contribution in [1.82, 2.24) is 19.2 Å². The van der Waals surface area contributed by atoms with Crippen LogP contribution in [0.15, 0.2) is 66.9 Å². The minimum Gasteiger partial charge on any atom is -0.340 e. The Morgan fingerprint density at radius 2 is 1.81 bits per heavy atom. The van der Waals surface area contributed by atoms with Gasteiger partial charge in [0.15, 0.2) is 0 Å². The number of benzene rings is 2. The Hall–Kier alpha value is -3.34. The largest absolute Gasteiger partial charge is 0.340 e. The molecule has 5 rings (SSSR count). The number of para-hydroxylation sites is 2. The number of aromatic nitrogens is 3. The summed E-state index contributed by atoms with van der Waals surface area (Å²) in [6.07, 6.45) is 2.70. The molecule has 0 saturated carbocycles. The first-order valence-electron chi connectivity index (χ1n) is 9.17. The first-order chi connectivity index (χ1) is 13.2. The van der Waals surface area contributed by atoms with E-state index < -0.39 is 0 Å². The van der Waals surface area contributed by atoms with Crippen LogP contribution >= 0.6 is 0 Å². The highest BCUT2D eigenvalue weighted by molar-refractivity contribution is 5.98. The summed E-state index contributed by atoms with van der Waals surface area (Å²) in [7, 11) is 1.96. The van der Waals surface area contributed by atoms with E-state index in [-0.39, 0.29) is 5.91 Å². The molecule has 0 unspecified atom stereocenters. The Morgan fingerprint density at radius 3 is 2.63 bits per heavy atom. The Morgan fingerprint density at radius 1 is 1.04 bits per heavy atom. The number of rotatable bonds is 2. The predicted octanol–water partition coefficient (Wildman–Crippen LogP) is 3.56. The first-order valence-corrected chi connectivity index (χ1v) is 9.17. The number of carbonyl (C=O) groups excluding carboxylic acids is 1. The van der Waals surface area contributed by atoms with E-state index in [2.05, 4.69) is 17.2 Å². The monoisotopic (exact) mass is 356 g/mol. The molecular formula is C22H20N4O. The molecule has 1 aliphatic heterocycles. The summed E-state index contributed by atoms with van der Waals surface area (Å²) >= 11 is 0. The predicted molar refractivity (Wildman–Crippen MR) is 105 cm³/mol. The van der Waals surface area contributed by atoms with Crippen molar-refractivity contribution in [3.63, 3.8) is 0 Å². The highest BCUT2D eigenvalue weighted by Gasteiger charge is 2.26. The summed E-state index contributed by atoms with van der Waals surface area (Å²) in [6.45, 7) is 1.30. The van der Waals surface area contributed by atoms with Crippen LogP contribution in [-0.4, -0.2) is 31.7 Å². The van der Waals surface area contributed by atoms with Crippen molar-refractivity contribution in [1.29, 1.82) is 0 Å². The molecular weight excluding hydrogens is 336 g/mol. The number of fused-ring (bicyclic) bond motifs is 2. The van der Waals surface area contributed by atoms with Crippen LogP contribution in [0.2, 0.25) is 0 Å². The van der Waals surface area contributed by atoms with Gasteiger partial charge in [-0.25, -0.2) is 4.68 Å². The van der Waals surface area contributed by atoms with Gasteiger partial charge in [-0.2, -0.15) is 5.10 Å². The standard InChI is InChI=1S/C22H20N4O/c1-24-19-10-6-5-7-16(19)13-21(24)22(27)25-12-11-20-17(15-25)14-23-26(20)18-8-3-2-4-9-18/h2-10,13-14H,11-12,15H2,1H3. The molecule has 2 aromatic carbocycles. The maximum absolute atomic E-state index is 13.2. The quantitative estimate of drug-likeness (QED) is 0.551. The van der Waals surface area contributed by atoms with Crippen LogP contribution in [0.4, 0.5) is 0 Å². The number of nitrogens with zero attached hydrogens (tertiary/aromatic N) is 4. The van der Waals surface area contributed by atoms with Crippen LogP contribution in [0, 0.1) is 0 Å². The van der Waals surface area contributed by atoms with Gasteiger partial charge in [0.25, 0.3) is 5.91 Å². The fourth-order valence-electron chi connectivity index (χ4n) is 3.95. The van der Waals surface area contributed by atoms with Crippen LogP contribution in [0.25, 0.3) is 16.6 Å². The second kappa shape index (κ2) is 6.13. The lowest BCUT2D eigenvalue weighted by Gasteiger charge is -2.27. The van der Waals surface area contributed by atoms with Gasteiger partial charge in [0.1, 0.15) is 5.69 Å². The van der Waals surface area contributed by atoms with Crippen molar-refractivity contribution in [2.75, 3.05) is 6.54 Å². The molecule has 0 atom stereocenters. The fraction of sp³-hybridized carbons (Fsp3) is 0.182. The van der Waals surface area contributed by atoms with Crippen molar-refractivity contribution in [2.24, 2.45) is 7.05 Å². The molecule has 0 saturated heterocycles. The van der Waals surface area contributed by atoms with Gasteiger partial charge in [0, 0.05) is 43.0 Å². The zero-order valence-electron chi connectivity index (χ0n) is 15.2. The fourth-order valence-corrected chi connectivity index (χ4v) is 3.95. The molecule has 5 heteroatoms. The Kier molecular flexibility index (Phi) is 3.60. The van der Waals surface area contributed by atoms with E-state index in [1.54, 1.807) is 0 Å². The summed E-state index contributed by atoms with van der Waals surface area (Å²) in [5.41, 5.74) is 5.19. The van der Waals surface area contributed by atoms with Crippen molar-refractivity contribution in [3.8, 4) is 5.69 Å². The second-order valence-corrected chi connectivity index (χ2v) is 6.99. The molecule has 27 heavy (non-hydrogen) atoms. The van der Waals surface area contributed by atoms with Crippen LogP contribution in [0.1, 0.15) is 21.7 Å². The Balaban J connectivity index is 1.45. The third-order valence-corrected chi connectivity index (χ3v) is 5.39. The van der Waals surface area contributed by atoms with Crippen LogP contribution in [0.5, 0.6) is 0 Å². The minimum absolute atomic E-state index is 0.0758. The van der Waals surface area contributed by atoms with E-state index in [9.17, 15) is 4.79 Å². The zero-order valence-corrected chi connectivity index (χ0v) is 15.2. The molecule has 1 aliphatic rings. The van der Waals surface area contributed by atoms with Crippen LogP contribution in [-0.2, 0) is 20.0 Å². The van der Waals surface area contributed by atoms with E-state index >= 15 is 0 Å². The maximum Gasteiger partial charge on any atom is 0.270 e. The molecule has 0 radical (unpaired) electrons. The van der Waals surface area contributed by atoms with Gasteiger partial charge in [-0.3, -0.25) is 4.79 Å². The van der Waals surface area contributed by atoms with Gasteiger partial charge in [0.2, 0.25) is 0 Å². The van der Waals surface area contributed by atoms with Crippen LogP contribution in [0.3, 0.4) is 0 Å². The topological polar surface area (TPSA) is 43.1 Å². The molecule has 4 aromatic rings. The molecule has 5 nitrogen and oxygen atoms in total. The number of hydrogen-bond donors (Lipinski definition) is 0. The molecule has 0 fully saturated rings. The summed E-state index contributed by atoms with van der Waals surface area (Å²) in [5.74, 6) is 0.0758. The minimum atomic E-state index is 0.0758. The van der Waals surface area contributed by atoms with E-state index in [1.165, 1.54) is 5.69 Å². The molecule has 3 heterocycles. The van der Waals surface area contributed by atoms with Crippen molar-refractivity contribution >= 4 is 16.8 Å². The molecule has 134 valence electrons. The highest BCUT2D eigenvalue weighted by atomic mass is 16.2. The Bertz CT molecular complexity index is 1140. The molecule has 0 bridgehead atoms. The molecule has 0 spiro atoms. The van der Waals surface area contributed by atoms with E-state index in [0.29, 0.717) is 13.1 Å². The lowest BCUT2D eigenvalue weighted by Crippen LogP contribution is -2.37.